The fraction of sp³-hybridized carbons (Fsp3) is 0.167. The highest BCUT2D eigenvalue weighted by Gasteiger charge is 2.25. The number of benzene rings is 2. The number of ether oxygens (including phenoxy) is 1. The number of amides is 1. The molecule has 0 radical (unpaired) electrons. The average Bonchev–Trinajstić information content (AvgIpc) is 3.19. The van der Waals surface area contributed by atoms with E-state index in [9.17, 15) is 9.18 Å². The smallest absolute Gasteiger partial charge is 0.275 e. The molecule has 0 unspecified atom stereocenters. The molecule has 0 aliphatic rings. The van der Waals surface area contributed by atoms with Crippen molar-refractivity contribution in [2.45, 2.75) is 19.9 Å². The first-order valence-corrected chi connectivity index (χ1v) is 9.91. The van der Waals surface area contributed by atoms with Crippen molar-refractivity contribution < 1.29 is 13.9 Å². The molecule has 32 heavy (non-hydrogen) atoms. The van der Waals surface area contributed by atoms with E-state index in [0.29, 0.717) is 16.9 Å². The normalized spacial score (nSPS) is 12.3. The van der Waals surface area contributed by atoms with Gasteiger partial charge in [0.15, 0.2) is 0 Å². The number of carbonyl (C=O) groups is 1. The van der Waals surface area contributed by atoms with Crippen LogP contribution < -0.4 is 16.2 Å². The quantitative estimate of drug-likeness (QED) is 0.552. The Hall–Kier alpha value is -4.07. The maximum absolute atomic E-state index is 13.3. The fourth-order valence-electron chi connectivity index (χ4n) is 3.38. The lowest BCUT2D eigenvalue weighted by Gasteiger charge is -2.29. The summed E-state index contributed by atoms with van der Waals surface area (Å²) in [6.07, 6.45) is 5.12. The number of aryl methyl sites for hydroxylation is 1. The molecule has 0 fully saturated rings. The molecule has 1 heterocycles. The topological polar surface area (TPSA) is 99.4 Å². The predicted molar refractivity (Wildman–Crippen MR) is 122 cm³/mol. The van der Waals surface area contributed by atoms with Crippen molar-refractivity contribution in [1.82, 2.24) is 14.5 Å². The van der Waals surface area contributed by atoms with Crippen LogP contribution in [0.1, 0.15) is 29.8 Å². The number of methoxy groups -OCH3 is 1. The highest BCUT2D eigenvalue weighted by Crippen LogP contribution is 2.27. The predicted octanol–water partition coefficient (Wildman–Crippen LogP) is 3.65. The lowest BCUT2D eigenvalue weighted by Crippen LogP contribution is -2.38. The minimum Gasteiger partial charge on any atom is -0.495 e. The van der Waals surface area contributed by atoms with Crippen molar-refractivity contribution in [2.75, 3.05) is 7.11 Å². The maximum Gasteiger partial charge on any atom is 0.275 e. The maximum atomic E-state index is 13.3. The Morgan fingerprint density at radius 1 is 1.25 bits per heavy atom. The highest BCUT2D eigenvalue weighted by molar-refractivity contribution is 5.98. The van der Waals surface area contributed by atoms with E-state index in [0.717, 1.165) is 11.4 Å². The Labute approximate surface area is 186 Å². The molecule has 3 rings (SSSR count). The van der Waals surface area contributed by atoms with E-state index in [-0.39, 0.29) is 17.3 Å². The Kier molecular flexibility index (Phi) is 6.63. The molecule has 0 aliphatic carbocycles. The zero-order chi connectivity index (χ0) is 23.4. The molecule has 8 heteroatoms. The van der Waals surface area contributed by atoms with Gasteiger partial charge >= 0.3 is 0 Å². The van der Waals surface area contributed by atoms with Crippen LogP contribution >= 0.6 is 0 Å². The number of nitrogens with zero attached hydrogens (tertiary/aromatic N) is 3. The van der Waals surface area contributed by atoms with Gasteiger partial charge < -0.3 is 20.8 Å². The molecule has 7 nitrogen and oxygen atoms in total. The second-order valence-corrected chi connectivity index (χ2v) is 7.35. The molecule has 0 aliphatic heterocycles. The van der Waals surface area contributed by atoms with Crippen molar-refractivity contribution in [3.63, 3.8) is 0 Å². The van der Waals surface area contributed by atoms with Gasteiger partial charge in [0.1, 0.15) is 11.6 Å². The molecule has 3 aromatic rings. The first-order valence-electron chi connectivity index (χ1n) is 9.91. The third-order valence-corrected chi connectivity index (χ3v) is 5.03. The minimum absolute atomic E-state index is 0.0289. The lowest BCUT2D eigenvalue weighted by molar-refractivity contribution is -0.127. The van der Waals surface area contributed by atoms with Crippen molar-refractivity contribution in [3.8, 4) is 11.4 Å². The van der Waals surface area contributed by atoms with Gasteiger partial charge in [-0.05, 0) is 55.3 Å². The van der Waals surface area contributed by atoms with E-state index >= 15 is 0 Å². The molecule has 0 spiro atoms. The summed E-state index contributed by atoms with van der Waals surface area (Å²) in [6, 6.07) is 10.8. The Bertz CT molecular complexity index is 1170. The van der Waals surface area contributed by atoms with Crippen LogP contribution in [0.3, 0.4) is 0 Å². The van der Waals surface area contributed by atoms with Crippen LogP contribution in [-0.2, 0) is 4.79 Å². The average molecular weight is 436 g/mol. The standard InChI is InChI=1S/C24H26FN5O2/c1-15-13-29(14-28-15)22-10-5-18(12-23(22)32-4)11-21(27)24(31)30(17(3)26)16(2)19-6-8-20(25)9-7-19/h5-14,16H,3,26-27H2,1-2,4H3/b21-11-/t16-/m1/s1. The van der Waals surface area contributed by atoms with Gasteiger partial charge in [0.25, 0.3) is 5.91 Å². The van der Waals surface area contributed by atoms with Crippen molar-refractivity contribution >= 4 is 12.0 Å². The van der Waals surface area contributed by atoms with Crippen LogP contribution in [0.5, 0.6) is 5.75 Å². The molecule has 0 bridgehead atoms. The second kappa shape index (κ2) is 9.38. The van der Waals surface area contributed by atoms with E-state index in [2.05, 4.69) is 11.6 Å². The molecule has 0 saturated carbocycles. The summed E-state index contributed by atoms with van der Waals surface area (Å²) in [6.45, 7) is 7.37. The van der Waals surface area contributed by atoms with Gasteiger partial charge in [-0.25, -0.2) is 9.37 Å². The van der Waals surface area contributed by atoms with Crippen LogP contribution in [0.25, 0.3) is 11.8 Å². The number of hydrogen-bond donors (Lipinski definition) is 2. The number of imidazole rings is 1. The number of halogens is 1. The number of rotatable bonds is 7. The van der Waals surface area contributed by atoms with Gasteiger partial charge in [0.2, 0.25) is 0 Å². The third kappa shape index (κ3) is 4.80. The van der Waals surface area contributed by atoms with E-state index in [1.54, 1.807) is 44.6 Å². The molecule has 1 atom stereocenters. The van der Waals surface area contributed by atoms with Gasteiger partial charge in [-0.3, -0.25) is 9.69 Å². The highest BCUT2D eigenvalue weighted by atomic mass is 19.1. The van der Waals surface area contributed by atoms with Crippen molar-refractivity contribution in [3.05, 3.63) is 95.7 Å². The van der Waals surface area contributed by atoms with Crippen molar-refractivity contribution in [1.29, 1.82) is 0 Å². The zero-order valence-electron chi connectivity index (χ0n) is 18.2. The Morgan fingerprint density at radius 2 is 1.94 bits per heavy atom. The van der Waals surface area contributed by atoms with Crippen LogP contribution in [0, 0.1) is 12.7 Å². The first-order chi connectivity index (χ1) is 15.2. The summed E-state index contributed by atoms with van der Waals surface area (Å²) in [5.41, 5.74) is 15.0. The summed E-state index contributed by atoms with van der Waals surface area (Å²) in [5, 5.41) is 0. The molecule has 1 aromatic heterocycles. The molecular formula is C24H26FN5O2. The zero-order valence-corrected chi connectivity index (χ0v) is 18.2. The monoisotopic (exact) mass is 435 g/mol. The van der Waals surface area contributed by atoms with Crippen LogP contribution in [-0.4, -0.2) is 27.5 Å². The van der Waals surface area contributed by atoms with Crippen molar-refractivity contribution in [2.24, 2.45) is 11.5 Å². The molecule has 166 valence electrons. The third-order valence-electron chi connectivity index (χ3n) is 5.03. The summed E-state index contributed by atoms with van der Waals surface area (Å²) >= 11 is 0. The van der Waals surface area contributed by atoms with Crippen LogP contribution in [0.15, 0.2) is 73.1 Å². The second-order valence-electron chi connectivity index (χ2n) is 7.35. The molecule has 4 N–H and O–H groups in total. The van der Waals surface area contributed by atoms with E-state index in [1.807, 2.05) is 29.8 Å². The van der Waals surface area contributed by atoms with Gasteiger partial charge in [0, 0.05) is 6.20 Å². The Balaban J connectivity index is 1.89. The van der Waals surface area contributed by atoms with Gasteiger partial charge in [0.05, 0.1) is 42.4 Å². The largest absolute Gasteiger partial charge is 0.495 e. The van der Waals surface area contributed by atoms with E-state index in [1.165, 1.54) is 17.0 Å². The number of carbonyl (C=O) groups excluding carboxylic acids is 1. The molecule has 1 amide bonds. The van der Waals surface area contributed by atoms with E-state index < -0.39 is 11.9 Å². The summed E-state index contributed by atoms with van der Waals surface area (Å²) in [5.74, 6) is -0.251. The van der Waals surface area contributed by atoms with E-state index in [4.69, 9.17) is 16.2 Å². The number of nitrogens with two attached hydrogens (primary N) is 2. The van der Waals surface area contributed by atoms with Gasteiger partial charge in [-0.2, -0.15) is 0 Å². The number of aromatic nitrogens is 2. The van der Waals surface area contributed by atoms with Gasteiger partial charge in [-0.15, -0.1) is 0 Å². The summed E-state index contributed by atoms with van der Waals surface area (Å²) in [4.78, 5) is 18.6. The fourth-order valence-corrected chi connectivity index (χ4v) is 3.38. The molecule has 0 saturated heterocycles. The minimum atomic E-state index is -0.511. The first kappa shape index (κ1) is 22.6. The summed E-state index contributed by atoms with van der Waals surface area (Å²) < 4.78 is 20.6. The molecule has 2 aromatic carbocycles. The summed E-state index contributed by atoms with van der Waals surface area (Å²) in [7, 11) is 1.56. The van der Waals surface area contributed by atoms with Crippen LogP contribution in [0.4, 0.5) is 4.39 Å². The Morgan fingerprint density at radius 3 is 2.50 bits per heavy atom. The number of hydrogen-bond acceptors (Lipinski definition) is 5. The van der Waals surface area contributed by atoms with Crippen LogP contribution in [0.2, 0.25) is 0 Å². The van der Waals surface area contributed by atoms with Gasteiger partial charge in [-0.1, -0.05) is 24.8 Å². The SMILES string of the molecule is C=C(N)N(C(=O)/C(N)=C/c1ccc(-n2cnc(C)c2)c(OC)c1)[C@H](C)c1ccc(F)cc1. The molecular weight excluding hydrogens is 409 g/mol. The lowest BCUT2D eigenvalue weighted by atomic mass is 10.1.